The lowest BCUT2D eigenvalue weighted by molar-refractivity contribution is 0.785. The smallest absolute Gasteiger partial charge is 0.226 e. The average Bonchev–Trinajstić information content (AvgIpc) is 2.49. The van der Waals surface area contributed by atoms with Crippen LogP contribution >= 0.6 is 11.6 Å². The third kappa shape index (κ3) is 1.39. The van der Waals surface area contributed by atoms with Crippen LogP contribution in [-0.4, -0.2) is 26.3 Å². The Morgan fingerprint density at radius 2 is 2.29 bits per heavy atom. The highest BCUT2D eigenvalue weighted by atomic mass is 35.5. The van der Waals surface area contributed by atoms with E-state index in [1.165, 1.54) is 0 Å². The summed E-state index contributed by atoms with van der Waals surface area (Å²) in [6.07, 6.45) is 1.73. The zero-order valence-corrected chi connectivity index (χ0v) is 8.71. The Kier molecular flexibility index (Phi) is 2.25. The molecule has 0 unspecified atom stereocenters. The van der Waals surface area contributed by atoms with Crippen LogP contribution in [0.5, 0.6) is 0 Å². The highest BCUT2D eigenvalue weighted by Gasteiger charge is 2.09. The number of halogens is 1. The second kappa shape index (κ2) is 3.42. The molecular formula is C8H10ClN5. The van der Waals surface area contributed by atoms with Crippen LogP contribution in [0.2, 0.25) is 5.28 Å². The summed E-state index contributed by atoms with van der Waals surface area (Å²) in [6, 6.07) is 0. The van der Waals surface area contributed by atoms with Gasteiger partial charge in [-0.25, -0.2) is 0 Å². The van der Waals surface area contributed by atoms with Gasteiger partial charge in [-0.15, -0.1) is 0 Å². The summed E-state index contributed by atoms with van der Waals surface area (Å²) in [5, 5.41) is 8.33. The molecule has 0 fully saturated rings. The molecule has 0 bridgehead atoms. The van der Waals surface area contributed by atoms with Gasteiger partial charge >= 0.3 is 0 Å². The lowest BCUT2D eigenvalue weighted by Crippen LogP contribution is -2.01. The maximum Gasteiger partial charge on any atom is 0.226 e. The van der Waals surface area contributed by atoms with Gasteiger partial charge in [-0.05, 0) is 18.5 Å². The van der Waals surface area contributed by atoms with E-state index in [1.807, 2.05) is 14.0 Å². The van der Waals surface area contributed by atoms with E-state index in [9.17, 15) is 0 Å². The van der Waals surface area contributed by atoms with Crippen molar-refractivity contribution in [2.45, 2.75) is 6.92 Å². The highest BCUT2D eigenvalue weighted by molar-refractivity contribution is 6.28. The van der Waals surface area contributed by atoms with Crippen molar-refractivity contribution in [2.75, 3.05) is 11.9 Å². The van der Waals surface area contributed by atoms with Crippen LogP contribution in [0.3, 0.4) is 0 Å². The molecule has 6 heteroatoms. The van der Waals surface area contributed by atoms with Crippen molar-refractivity contribution in [2.24, 2.45) is 7.05 Å². The minimum Gasteiger partial charge on any atom is -0.370 e. The van der Waals surface area contributed by atoms with Crippen molar-refractivity contribution in [3.63, 3.8) is 0 Å². The fourth-order valence-electron chi connectivity index (χ4n) is 1.30. The van der Waals surface area contributed by atoms with Crippen LogP contribution in [0.4, 0.5) is 5.82 Å². The Balaban J connectivity index is 2.68. The number of hydrogen-bond acceptors (Lipinski definition) is 4. The number of nitrogens with one attached hydrogen (secondary N) is 1. The van der Waals surface area contributed by atoms with Crippen molar-refractivity contribution in [3.8, 4) is 0 Å². The predicted molar refractivity (Wildman–Crippen MR) is 55.5 cm³/mol. The Morgan fingerprint density at radius 3 is 3.00 bits per heavy atom. The van der Waals surface area contributed by atoms with Crippen molar-refractivity contribution in [3.05, 3.63) is 11.5 Å². The van der Waals surface area contributed by atoms with Gasteiger partial charge < -0.3 is 5.32 Å². The zero-order valence-electron chi connectivity index (χ0n) is 7.95. The van der Waals surface area contributed by atoms with E-state index < -0.39 is 0 Å². The fourth-order valence-corrected chi connectivity index (χ4v) is 1.46. The summed E-state index contributed by atoms with van der Waals surface area (Å²) in [4.78, 5) is 8.19. The molecule has 5 nitrogen and oxygen atoms in total. The Bertz CT molecular complexity index is 464. The van der Waals surface area contributed by atoms with Gasteiger partial charge in [-0.2, -0.15) is 15.1 Å². The Hall–Kier alpha value is -1.36. The van der Waals surface area contributed by atoms with Gasteiger partial charge in [-0.3, -0.25) is 4.68 Å². The van der Waals surface area contributed by atoms with Crippen molar-refractivity contribution in [1.29, 1.82) is 0 Å². The SMILES string of the molecule is CCNc1nc(Cl)nc2c1cnn2C. The molecule has 2 aromatic heterocycles. The van der Waals surface area contributed by atoms with Crippen LogP contribution in [-0.2, 0) is 7.05 Å². The molecule has 0 saturated carbocycles. The molecule has 2 aromatic rings. The summed E-state index contributed by atoms with van der Waals surface area (Å²) in [7, 11) is 1.82. The van der Waals surface area contributed by atoms with E-state index >= 15 is 0 Å². The lowest BCUT2D eigenvalue weighted by atomic mass is 10.4. The molecule has 2 rings (SSSR count). The van der Waals surface area contributed by atoms with Crippen LogP contribution in [0, 0.1) is 0 Å². The van der Waals surface area contributed by atoms with Gasteiger partial charge in [0.25, 0.3) is 0 Å². The first-order chi connectivity index (χ1) is 6.72. The van der Waals surface area contributed by atoms with Crippen molar-refractivity contribution in [1.82, 2.24) is 19.7 Å². The van der Waals surface area contributed by atoms with Crippen molar-refractivity contribution >= 4 is 28.5 Å². The summed E-state index contributed by atoms with van der Waals surface area (Å²) >= 11 is 5.79. The molecule has 0 saturated heterocycles. The molecule has 0 spiro atoms. The molecule has 0 aromatic carbocycles. The number of anilines is 1. The number of aryl methyl sites for hydroxylation is 1. The van der Waals surface area contributed by atoms with Crippen LogP contribution in [0.15, 0.2) is 6.20 Å². The third-order valence-corrected chi connectivity index (χ3v) is 2.08. The topological polar surface area (TPSA) is 55.6 Å². The number of fused-ring (bicyclic) bond motifs is 1. The van der Waals surface area contributed by atoms with Gasteiger partial charge in [0.2, 0.25) is 5.28 Å². The van der Waals surface area contributed by atoms with Gasteiger partial charge in [0.05, 0.1) is 11.6 Å². The quantitative estimate of drug-likeness (QED) is 0.764. The summed E-state index contributed by atoms with van der Waals surface area (Å²) in [6.45, 7) is 2.79. The molecule has 14 heavy (non-hydrogen) atoms. The summed E-state index contributed by atoms with van der Waals surface area (Å²) in [5.41, 5.74) is 0.737. The van der Waals surface area contributed by atoms with Crippen LogP contribution in [0.25, 0.3) is 11.0 Å². The average molecular weight is 212 g/mol. The first-order valence-corrected chi connectivity index (χ1v) is 4.69. The highest BCUT2D eigenvalue weighted by Crippen LogP contribution is 2.20. The van der Waals surface area contributed by atoms with E-state index in [-0.39, 0.29) is 5.28 Å². The zero-order chi connectivity index (χ0) is 10.1. The first kappa shape index (κ1) is 9.21. The minimum atomic E-state index is 0.233. The third-order valence-electron chi connectivity index (χ3n) is 1.91. The monoisotopic (exact) mass is 211 g/mol. The standard InChI is InChI=1S/C8H10ClN5/c1-3-10-6-5-4-11-14(2)7(5)13-8(9)12-6/h4H,3H2,1-2H3,(H,10,12,13). The van der Waals surface area contributed by atoms with Crippen LogP contribution in [0.1, 0.15) is 6.92 Å². The van der Waals surface area contributed by atoms with E-state index in [0.29, 0.717) is 0 Å². The second-order valence-electron chi connectivity index (χ2n) is 2.88. The van der Waals surface area contributed by atoms with Gasteiger partial charge in [-0.1, -0.05) is 0 Å². The van der Waals surface area contributed by atoms with Gasteiger partial charge in [0.15, 0.2) is 5.65 Å². The number of rotatable bonds is 2. The van der Waals surface area contributed by atoms with Crippen molar-refractivity contribution < 1.29 is 0 Å². The number of nitrogens with zero attached hydrogens (tertiary/aromatic N) is 4. The molecule has 2 heterocycles. The molecule has 0 aliphatic rings. The molecule has 1 N–H and O–H groups in total. The molecule has 74 valence electrons. The van der Waals surface area contributed by atoms with E-state index in [4.69, 9.17) is 11.6 Å². The normalized spacial score (nSPS) is 10.8. The molecule has 0 aliphatic heterocycles. The fraction of sp³-hybridized carbons (Fsp3) is 0.375. The molecule has 0 aliphatic carbocycles. The first-order valence-electron chi connectivity index (χ1n) is 4.31. The number of aromatic nitrogens is 4. The van der Waals surface area contributed by atoms with E-state index in [0.717, 1.165) is 23.4 Å². The van der Waals surface area contributed by atoms with E-state index in [2.05, 4.69) is 20.4 Å². The van der Waals surface area contributed by atoms with Gasteiger partial charge in [0, 0.05) is 13.6 Å². The molecule has 0 atom stereocenters. The Labute approximate surface area is 86.1 Å². The largest absolute Gasteiger partial charge is 0.370 e. The minimum absolute atomic E-state index is 0.233. The second-order valence-corrected chi connectivity index (χ2v) is 3.22. The lowest BCUT2D eigenvalue weighted by Gasteiger charge is -2.03. The maximum absolute atomic E-state index is 5.79. The molecule has 0 amide bonds. The molecular weight excluding hydrogens is 202 g/mol. The maximum atomic E-state index is 5.79. The summed E-state index contributed by atoms with van der Waals surface area (Å²) < 4.78 is 1.67. The van der Waals surface area contributed by atoms with Crippen LogP contribution < -0.4 is 5.32 Å². The summed E-state index contributed by atoms with van der Waals surface area (Å²) in [5.74, 6) is 0.732. The van der Waals surface area contributed by atoms with E-state index in [1.54, 1.807) is 10.9 Å². The number of hydrogen-bond donors (Lipinski definition) is 1. The van der Waals surface area contributed by atoms with Gasteiger partial charge in [0.1, 0.15) is 5.82 Å². The molecule has 0 radical (unpaired) electrons. The predicted octanol–water partition coefficient (Wildman–Crippen LogP) is 1.45. The Morgan fingerprint density at radius 1 is 1.50 bits per heavy atom.